The smallest absolute Gasteiger partial charge is 0.150 e. The zero-order chi connectivity index (χ0) is 20.2. The third kappa shape index (κ3) is 6.80. The fraction of sp³-hybridized carbons (Fsp3) is 0.435. The number of rotatable bonds is 12. The molecule has 1 N–H and O–H groups in total. The number of aldehydes is 1. The zero-order valence-corrected chi connectivity index (χ0v) is 17.3. The number of nitrogens with one attached hydrogen (secondary N) is 1. The number of aliphatic imine (C=N–C) groups is 1. The summed E-state index contributed by atoms with van der Waals surface area (Å²) in [5, 5.41) is 3.23. The number of anilines is 2. The van der Waals surface area contributed by atoms with Gasteiger partial charge in [-0.05, 0) is 37.5 Å². The average Bonchev–Trinajstić information content (AvgIpc) is 2.72. The quantitative estimate of drug-likeness (QED) is 0.310. The van der Waals surface area contributed by atoms with Gasteiger partial charge in [0.1, 0.15) is 12.1 Å². The minimum Gasteiger partial charge on any atom is -0.357 e. The summed E-state index contributed by atoms with van der Waals surface area (Å²) in [6.45, 7) is 9.15. The van der Waals surface area contributed by atoms with E-state index in [4.69, 9.17) is 4.98 Å². The van der Waals surface area contributed by atoms with Crippen molar-refractivity contribution in [1.29, 1.82) is 0 Å². The second kappa shape index (κ2) is 11.9. The predicted octanol–water partition coefficient (Wildman–Crippen LogP) is 5.25. The van der Waals surface area contributed by atoms with Crippen LogP contribution >= 0.6 is 0 Å². The van der Waals surface area contributed by atoms with Gasteiger partial charge in [-0.25, -0.2) is 4.98 Å². The Balaban J connectivity index is 1.95. The maximum Gasteiger partial charge on any atom is 0.150 e. The van der Waals surface area contributed by atoms with E-state index in [1.54, 1.807) is 18.5 Å². The third-order valence-corrected chi connectivity index (χ3v) is 4.66. The molecule has 0 bridgehead atoms. The topological polar surface area (TPSA) is 57.6 Å². The van der Waals surface area contributed by atoms with Crippen molar-refractivity contribution < 1.29 is 4.79 Å². The molecule has 0 unspecified atom stereocenters. The molecule has 0 saturated heterocycles. The van der Waals surface area contributed by atoms with E-state index in [1.165, 1.54) is 25.7 Å². The summed E-state index contributed by atoms with van der Waals surface area (Å²) < 4.78 is 0. The summed E-state index contributed by atoms with van der Waals surface area (Å²) in [6.07, 6.45) is 7.31. The Labute approximate surface area is 168 Å². The number of benzene rings is 1. The van der Waals surface area contributed by atoms with Crippen molar-refractivity contribution >= 4 is 24.1 Å². The Hall–Kier alpha value is -2.69. The molecule has 0 fully saturated rings. The Kier molecular flexibility index (Phi) is 9.19. The zero-order valence-electron chi connectivity index (χ0n) is 17.3. The molecule has 5 nitrogen and oxygen atoms in total. The summed E-state index contributed by atoms with van der Waals surface area (Å²) in [7, 11) is 0. The molecule has 5 heteroatoms. The number of aryl methyl sites for hydroxylation is 1. The lowest BCUT2D eigenvalue weighted by Crippen LogP contribution is -2.26. The van der Waals surface area contributed by atoms with Crippen LogP contribution in [-0.4, -0.2) is 30.7 Å². The van der Waals surface area contributed by atoms with Crippen LogP contribution < -0.4 is 10.2 Å². The van der Waals surface area contributed by atoms with Crippen LogP contribution in [0.5, 0.6) is 0 Å². The van der Waals surface area contributed by atoms with Crippen LogP contribution in [0.3, 0.4) is 0 Å². The Morgan fingerprint density at radius 1 is 1.04 bits per heavy atom. The molecule has 0 aliphatic rings. The number of hydrogen-bond acceptors (Lipinski definition) is 4. The highest BCUT2D eigenvalue weighted by Gasteiger charge is 2.09. The van der Waals surface area contributed by atoms with E-state index >= 15 is 0 Å². The number of pyridine rings is 1. The Morgan fingerprint density at radius 2 is 1.71 bits per heavy atom. The molecule has 0 aliphatic carbocycles. The standard InChI is InChI=1S/C23H32N4O/c1-4-6-14-27(15-7-5-2)23-13-12-22(19(3)26-23)25-18-24-16-20-8-10-21(17-28)11-9-20/h8-13,17-18H,4-7,14-16H2,1-3H3,(H,24,25). The molecule has 0 amide bonds. The number of unbranched alkanes of at least 4 members (excludes halogenated alkanes) is 2. The molecule has 2 rings (SSSR count). The summed E-state index contributed by atoms with van der Waals surface area (Å²) >= 11 is 0. The van der Waals surface area contributed by atoms with E-state index in [0.29, 0.717) is 12.1 Å². The van der Waals surface area contributed by atoms with Crippen molar-refractivity contribution in [2.45, 2.75) is 53.0 Å². The van der Waals surface area contributed by atoms with Gasteiger partial charge in [0, 0.05) is 18.7 Å². The molecular weight excluding hydrogens is 348 g/mol. The first kappa shape index (κ1) is 21.6. The summed E-state index contributed by atoms with van der Waals surface area (Å²) in [5.74, 6) is 1.05. The molecular formula is C23H32N4O. The molecule has 0 saturated carbocycles. The molecule has 0 radical (unpaired) electrons. The van der Waals surface area contributed by atoms with Gasteiger partial charge < -0.3 is 10.2 Å². The van der Waals surface area contributed by atoms with E-state index in [0.717, 1.165) is 42.1 Å². The van der Waals surface area contributed by atoms with Gasteiger partial charge in [-0.15, -0.1) is 0 Å². The molecule has 0 spiro atoms. The number of nitrogens with zero attached hydrogens (tertiary/aromatic N) is 3. The third-order valence-electron chi connectivity index (χ3n) is 4.66. The van der Waals surface area contributed by atoms with Gasteiger partial charge >= 0.3 is 0 Å². The molecule has 150 valence electrons. The fourth-order valence-corrected chi connectivity index (χ4v) is 2.88. The minimum absolute atomic E-state index is 0.568. The van der Waals surface area contributed by atoms with Gasteiger partial charge in [0.15, 0.2) is 0 Å². The lowest BCUT2D eigenvalue weighted by molar-refractivity contribution is 0.112. The van der Waals surface area contributed by atoms with Crippen LogP contribution in [0.2, 0.25) is 0 Å². The highest BCUT2D eigenvalue weighted by atomic mass is 16.1. The molecule has 28 heavy (non-hydrogen) atoms. The Morgan fingerprint density at radius 3 is 2.29 bits per heavy atom. The van der Waals surface area contributed by atoms with E-state index in [2.05, 4.69) is 41.2 Å². The molecule has 1 aromatic carbocycles. The van der Waals surface area contributed by atoms with E-state index in [-0.39, 0.29) is 0 Å². The minimum atomic E-state index is 0.568. The first-order valence-electron chi connectivity index (χ1n) is 10.2. The van der Waals surface area contributed by atoms with Gasteiger partial charge in [-0.2, -0.15) is 0 Å². The van der Waals surface area contributed by atoms with Crippen LogP contribution in [0.15, 0.2) is 41.4 Å². The molecule has 1 aromatic heterocycles. The fourth-order valence-electron chi connectivity index (χ4n) is 2.88. The lowest BCUT2D eigenvalue weighted by atomic mass is 10.1. The largest absolute Gasteiger partial charge is 0.357 e. The normalized spacial score (nSPS) is 11.0. The highest BCUT2D eigenvalue weighted by Crippen LogP contribution is 2.19. The lowest BCUT2D eigenvalue weighted by Gasteiger charge is -2.24. The van der Waals surface area contributed by atoms with E-state index < -0.39 is 0 Å². The maximum atomic E-state index is 10.7. The van der Waals surface area contributed by atoms with Gasteiger partial charge in [-0.3, -0.25) is 9.79 Å². The van der Waals surface area contributed by atoms with Gasteiger partial charge in [-0.1, -0.05) is 51.0 Å². The molecule has 0 aliphatic heterocycles. The second-order valence-corrected chi connectivity index (χ2v) is 6.97. The molecule has 1 heterocycles. The van der Waals surface area contributed by atoms with Crippen molar-refractivity contribution in [3.63, 3.8) is 0 Å². The number of carbonyl (C=O) groups excluding carboxylic acids is 1. The highest BCUT2D eigenvalue weighted by molar-refractivity contribution is 5.77. The van der Waals surface area contributed by atoms with Gasteiger partial charge in [0.05, 0.1) is 24.3 Å². The molecule has 0 atom stereocenters. The average molecular weight is 381 g/mol. The SMILES string of the molecule is CCCCN(CCCC)c1ccc(NC=NCc2ccc(C=O)cc2)c(C)n1. The predicted molar refractivity (Wildman–Crippen MR) is 119 cm³/mol. The van der Waals surface area contributed by atoms with Crippen molar-refractivity contribution in [2.24, 2.45) is 4.99 Å². The number of aromatic nitrogens is 1. The summed E-state index contributed by atoms with van der Waals surface area (Å²) in [5.41, 5.74) is 3.68. The summed E-state index contributed by atoms with van der Waals surface area (Å²) in [6, 6.07) is 11.6. The summed E-state index contributed by atoms with van der Waals surface area (Å²) in [4.78, 5) is 22.3. The van der Waals surface area contributed by atoms with Crippen LogP contribution in [-0.2, 0) is 6.54 Å². The van der Waals surface area contributed by atoms with E-state index in [1.807, 2.05) is 19.1 Å². The van der Waals surface area contributed by atoms with Crippen molar-refractivity contribution in [2.75, 3.05) is 23.3 Å². The molecule has 2 aromatic rings. The van der Waals surface area contributed by atoms with Crippen LogP contribution in [0.1, 0.15) is 61.1 Å². The maximum absolute atomic E-state index is 10.7. The van der Waals surface area contributed by atoms with E-state index in [9.17, 15) is 4.79 Å². The van der Waals surface area contributed by atoms with Crippen LogP contribution in [0.4, 0.5) is 11.5 Å². The monoisotopic (exact) mass is 380 g/mol. The Bertz CT molecular complexity index is 748. The van der Waals surface area contributed by atoms with Crippen LogP contribution in [0.25, 0.3) is 0 Å². The van der Waals surface area contributed by atoms with Crippen molar-refractivity contribution in [3.8, 4) is 0 Å². The second-order valence-electron chi connectivity index (χ2n) is 6.97. The van der Waals surface area contributed by atoms with Crippen LogP contribution in [0, 0.1) is 6.92 Å². The van der Waals surface area contributed by atoms with Gasteiger partial charge in [0.2, 0.25) is 0 Å². The van der Waals surface area contributed by atoms with Crippen molar-refractivity contribution in [3.05, 3.63) is 53.2 Å². The first-order chi connectivity index (χ1) is 13.7. The number of hydrogen-bond donors (Lipinski definition) is 1. The van der Waals surface area contributed by atoms with Crippen molar-refractivity contribution in [1.82, 2.24) is 4.98 Å². The van der Waals surface area contributed by atoms with Gasteiger partial charge in [0.25, 0.3) is 0 Å². The first-order valence-corrected chi connectivity index (χ1v) is 10.2. The number of carbonyl (C=O) groups is 1.